The summed E-state index contributed by atoms with van der Waals surface area (Å²) in [6.07, 6.45) is -3.02. The minimum absolute atomic E-state index is 0.171. The molecule has 3 heterocycles. The average molecular weight is 311 g/mol. The lowest BCUT2D eigenvalue weighted by Crippen LogP contribution is -2.37. The van der Waals surface area contributed by atoms with E-state index in [9.17, 15) is 10.2 Å². The molecule has 10 heteroatoms. The number of hydrogen-bond acceptors (Lipinski definition) is 10. The molecule has 1 fully saturated rings. The standard InChI is InChI=1S/C12H17N5O5/c13-9-6(11-14-1-2-21-11)10(16-4-15-9)17-12-8(20)7(19)5(3-18)22-12/h4-5,7-8,12,18-20H,1-3H2,(H3,13,15,16,17)/t5-,7-,8-,12-/m1/s1. The van der Waals surface area contributed by atoms with Gasteiger partial charge in [-0.1, -0.05) is 0 Å². The van der Waals surface area contributed by atoms with Crippen LogP contribution in [0.15, 0.2) is 11.3 Å². The maximum atomic E-state index is 9.96. The van der Waals surface area contributed by atoms with E-state index in [1.165, 1.54) is 6.33 Å². The van der Waals surface area contributed by atoms with Crippen LogP contribution < -0.4 is 11.1 Å². The smallest absolute Gasteiger partial charge is 0.223 e. The number of ether oxygens (including phenoxy) is 2. The Bertz CT molecular complexity index is 583. The number of nitrogens with zero attached hydrogens (tertiary/aromatic N) is 3. The van der Waals surface area contributed by atoms with E-state index in [-0.39, 0.29) is 11.6 Å². The van der Waals surface area contributed by atoms with Crippen LogP contribution in [0.25, 0.3) is 0 Å². The van der Waals surface area contributed by atoms with Gasteiger partial charge in [0.1, 0.15) is 48.4 Å². The monoisotopic (exact) mass is 311 g/mol. The fraction of sp³-hybridized carbons (Fsp3) is 0.583. The Balaban J connectivity index is 1.85. The van der Waals surface area contributed by atoms with Crippen LogP contribution in [0.2, 0.25) is 0 Å². The molecule has 0 amide bonds. The predicted molar refractivity (Wildman–Crippen MR) is 75.2 cm³/mol. The normalized spacial score (nSPS) is 31.0. The summed E-state index contributed by atoms with van der Waals surface area (Å²) < 4.78 is 10.7. The second-order valence-electron chi connectivity index (χ2n) is 4.92. The van der Waals surface area contributed by atoms with Gasteiger partial charge in [-0.15, -0.1) is 0 Å². The molecule has 0 bridgehead atoms. The highest BCUT2D eigenvalue weighted by Crippen LogP contribution is 2.26. The number of nitrogen functional groups attached to an aromatic ring is 1. The van der Waals surface area contributed by atoms with E-state index < -0.39 is 31.1 Å². The first kappa shape index (κ1) is 14.9. The van der Waals surface area contributed by atoms with E-state index >= 15 is 0 Å². The highest BCUT2D eigenvalue weighted by atomic mass is 16.6. The lowest BCUT2D eigenvalue weighted by molar-refractivity contribution is -0.0154. The topological polar surface area (TPSA) is 155 Å². The minimum atomic E-state index is -1.23. The van der Waals surface area contributed by atoms with Crippen molar-refractivity contribution >= 4 is 17.5 Å². The molecule has 1 aromatic heterocycles. The third-order valence-corrected chi connectivity index (χ3v) is 3.50. The maximum Gasteiger partial charge on any atom is 0.223 e. The van der Waals surface area contributed by atoms with E-state index in [4.69, 9.17) is 20.3 Å². The summed E-state index contributed by atoms with van der Waals surface area (Å²) in [6.45, 7) is 0.541. The number of aromatic nitrogens is 2. The molecule has 2 aliphatic rings. The van der Waals surface area contributed by atoms with Crippen molar-refractivity contribution in [3.8, 4) is 0 Å². The summed E-state index contributed by atoms with van der Waals surface area (Å²) in [5, 5.41) is 31.7. The first-order valence-corrected chi connectivity index (χ1v) is 6.79. The molecule has 4 atom stereocenters. The molecule has 3 rings (SSSR count). The third-order valence-electron chi connectivity index (χ3n) is 3.50. The molecular formula is C12H17N5O5. The fourth-order valence-corrected chi connectivity index (χ4v) is 2.36. The van der Waals surface area contributed by atoms with Gasteiger partial charge < -0.3 is 35.8 Å². The second-order valence-corrected chi connectivity index (χ2v) is 4.92. The number of aliphatic hydroxyl groups is 3. The summed E-state index contributed by atoms with van der Waals surface area (Å²) in [7, 11) is 0. The van der Waals surface area contributed by atoms with Crippen molar-refractivity contribution in [1.29, 1.82) is 0 Å². The van der Waals surface area contributed by atoms with E-state index in [1.807, 2.05) is 0 Å². The van der Waals surface area contributed by atoms with Gasteiger partial charge in [0.15, 0.2) is 6.23 Å². The molecule has 2 aliphatic heterocycles. The quantitative estimate of drug-likeness (QED) is 0.412. The lowest BCUT2D eigenvalue weighted by atomic mass is 10.1. The number of anilines is 2. The summed E-state index contributed by atoms with van der Waals surface area (Å²) in [5.41, 5.74) is 6.22. The molecule has 1 aromatic rings. The van der Waals surface area contributed by atoms with Crippen LogP contribution in [0.3, 0.4) is 0 Å². The molecule has 6 N–H and O–H groups in total. The van der Waals surface area contributed by atoms with Crippen LogP contribution in [0.1, 0.15) is 5.56 Å². The minimum Gasteiger partial charge on any atom is -0.475 e. The van der Waals surface area contributed by atoms with E-state index in [0.29, 0.717) is 24.6 Å². The van der Waals surface area contributed by atoms with Gasteiger partial charge in [-0.3, -0.25) is 0 Å². The van der Waals surface area contributed by atoms with Gasteiger partial charge in [-0.05, 0) is 0 Å². The van der Waals surface area contributed by atoms with Gasteiger partial charge in [-0.2, -0.15) is 0 Å². The number of aliphatic imine (C=N–C) groups is 1. The Hall–Kier alpha value is -2.01. The SMILES string of the molecule is Nc1ncnc(N[C@@H]2O[C@H](CO)[C@@H](O)[C@H]2O)c1C1=NCCO1. The van der Waals surface area contributed by atoms with Crippen LogP contribution in [-0.4, -0.2) is 75.5 Å². The summed E-state index contributed by atoms with van der Waals surface area (Å²) in [5.74, 6) is 0.750. The molecule has 0 aliphatic carbocycles. The second kappa shape index (κ2) is 6.01. The number of aliphatic hydroxyl groups excluding tert-OH is 3. The summed E-state index contributed by atoms with van der Waals surface area (Å²) in [4.78, 5) is 12.1. The Morgan fingerprint density at radius 3 is 2.77 bits per heavy atom. The Morgan fingerprint density at radius 1 is 1.32 bits per heavy atom. The van der Waals surface area contributed by atoms with E-state index in [1.54, 1.807) is 0 Å². The highest BCUT2D eigenvalue weighted by molar-refractivity contribution is 6.03. The fourth-order valence-electron chi connectivity index (χ4n) is 2.36. The zero-order valence-corrected chi connectivity index (χ0v) is 11.6. The van der Waals surface area contributed by atoms with Crippen LogP contribution in [0.4, 0.5) is 11.6 Å². The number of nitrogens with two attached hydrogens (primary N) is 1. The zero-order chi connectivity index (χ0) is 15.7. The van der Waals surface area contributed by atoms with Gasteiger partial charge in [0.2, 0.25) is 5.90 Å². The van der Waals surface area contributed by atoms with Crippen LogP contribution in [-0.2, 0) is 9.47 Å². The molecule has 0 unspecified atom stereocenters. The van der Waals surface area contributed by atoms with Gasteiger partial charge in [0.25, 0.3) is 0 Å². The predicted octanol–water partition coefficient (Wildman–Crippen LogP) is -2.31. The van der Waals surface area contributed by atoms with Crippen molar-refractivity contribution in [2.24, 2.45) is 4.99 Å². The van der Waals surface area contributed by atoms with Crippen molar-refractivity contribution in [1.82, 2.24) is 9.97 Å². The van der Waals surface area contributed by atoms with Crippen molar-refractivity contribution in [2.75, 3.05) is 30.8 Å². The van der Waals surface area contributed by atoms with Crippen LogP contribution >= 0.6 is 0 Å². The summed E-state index contributed by atoms with van der Waals surface area (Å²) in [6, 6.07) is 0. The maximum absolute atomic E-state index is 9.96. The largest absolute Gasteiger partial charge is 0.475 e. The van der Waals surface area contributed by atoms with Gasteiger partial charge in [0.05, 0.1) is 13.2 Å². The Kier molecular flexibility index (Phi) is 4.07. The van der Waals surface area contributed by atoms with E-state index in [2.05, 4.69) is 20.3 Å². The van der Waals surface area contributed by atoms with Crippen molar-refractivity contribution < 1.29 is 24.8 Å². The molecule has 0 aromatic carbocycles. The summed E-state index contributed by atoms with van der Waals surface area (Å²) >= 11 is 0. The highest BCUT2D eigenvalue weighted by Gasteiger charge is 2.43. The van der Waals surface area contributed by atoms with Crippen LogP contribution in [0, 0.1) is 0 Å². The van der Waals surface area contributed by atoms with Gasteiger partial charge >= 0.3 is 0 Å². The van der Waals surface area contributed by atoms with Gasteiger partial charge in [-0.25, -0.2) is 15.0 Å². The van der Waals surface area contributed by atoms with Gasteiger partial charge in [0, 0.05) is 0 Å². The molecular weight excluding hydrogens is 294 g/mol. The molecule has 0 saturated carbocycles. The first-order valence-electron chi connectivity index (χ1n) is 6.79. The molecule has 10 nitrogen and oxygen atoms in total. The molecule has 120 valence electrons. The molecule has 22 heavy (non-hydrogen) atoms. The van der Waals surface area contributed by atoms with Crippen LogP contribution in [0.5, 0.6) is 0 Å². The number of rotatable bonds is 4. The molecule has 1 saturated heterocycles. The van der Waals surface area contributed by atoms with Crippen molar-refractivity contribution in [3.05, 3.63) is 11.9 Å². The zero-order valence-electron chi connectivity index (χ0n) is 11.6. The Morgan fingerprint density at radius 2 is 2.14 bits per heavy atom. The van der Waals surface area contributed by atoms with Crippen molar-refractivity contribution in [2.45, 2.75) is 24.5 Å². The number of hydrogen-bond donors (Lipinski definition) is 5. The first-order chi connectivity index (χ1) is 10.6. The van der Waals surface area contributed by atoms with Crippen molar-refractivity contribution in [3.63, 3.8) is 0 Å². The molecule has 0 radical (unpaired) electrons. The number of nitrogens with one attached hydrogen (secondary N) is 1. The van der Waals surface area contributed by atoms with E-state index in [0.717, 1.165) is 0 Å². The molecule has 0 spiro atoms. The average Bonchev–Trinajstić information content (AvgIpc) is 3.11. The Labute approximate surface area is 125 Å². The third kappa shape index (κ3) is 2.57. The lowest BCUT2D eigenvalue weighted by Gasteiger charge is -2.19.